The van der Waals surface area contributed by atoms with Crippen LogP contribution in [0.4, 0.5) is 0 Å². The fourth-order valence-corrected chi connectivity index (χ4v) is 4.26. The average molecular weight is 409 g/mol. The molecule has 2 aromatic rings. The lowest BCUT2D eigenvalue weighted by molar-refractivity contribution is -0.169. The highest BCUT2D eigenvalue weighted by Gasteiger charge is 2.54. The number of hydrogen-bond donors (Lipinski definition) is 0. The summed E-state index contributed by atoms with van der Waals surface area (Å²) in [6.45, 7) is 3.70. The van der Waals surface area contributed by atoms with Crippen molar-refractivity contribution < 1.29 is 23.9 Å². The van der Waals surface area contributed by atoms with E-state index in [9.17, 15) is 14.4 Å². The highest BCUT2D eigenvalue weighted by atomic mass is 16.5. The zero-order valence-corrected chi connectivity index (χ0v) is 17.5. The summed E-state index contributed by atoms with van der Waals surface area (Å²) in [5.41, 5.74) is 1.63. The molecule has 158 valence electrons. The highest BCUT2D eigenvalue weighted by molar-refractivity contribution is 6.10. The van der Waals surface area contributed by atoms with Gasteiger partial charge in [0.25, 0.3) is 0 Å². The van der Waals surface area contributed by atoms with Gasteiger partial charge in [-0.2, -0.15) is 0 Å². The molecule has 0 aliphatic carbocycles. The summed E-state index contributed by atoms with van der Waals surface area (Å²) in [7, 11) is 1.83. The lowest BCUT2D eigenvalue weighted by atomic mass is 9.73. The van der Waals surface area contributed by atoms with Gasteiger partial charge in [-0.3, -0.25) is 19.3 Å². The van der Waals surface area contributed by atoms with E-state index < -0.39 is 41.6 Å². The van der Waals surface area contributed by atoms with E-state index in [4.69, 9.17) is 9.47 Å². The molecule has 0 spiro atoms. The SMILES string of the molecule is CCOC(=O)[C@@H]1C(=O)[C@H](C(=O)OCC)[C@@H](c2ccccc2)N(C)[C@@H]1c1ccccc1. The first kappa shape index (κ1) is 21.7. The maximum absolute atomic E-state index is 13.6. The number of benzene rings is 2. The van der Waals surface area contributed by atoms with Crippen molar-refractivity contribution in [1.29, 1.82) is 0 Å². The summed E-state index contributed by atoms with van der Waals surface area (Å²) >= 11 is 0. The lowest BCUT2D eigenvalue weighted by Gasteiger charge is -2.46. The van der Waals surface area contributed by atoms with Crippen LogP contribution in [-0.4, -0.2) is 42.9 Å². The number of rotatable bonds is 6. The molecule has 6 heteroatoms. The zero-order chi connectivity index (χ0) is 21.7. The quantitative estimate of drug-likeness (QED) is 0.538. The number of nitrogens with zero attached hydrogens (tertiary/aromatic N) is 1. The summed E-state index contributed by atoms with van der Waals surface area (Å²) < 4.78 is 10.5. The van der Waals surface area contributed by atoms with E-state index >= 15 is 0 Å². The van der Waals surface area contributed by atoms with Crippen molar-refractivity contribution in [1.82, 2.24) is 4.90 Å². The molecule has 3 rings (SSSR count). The smallest absolute Gasteiger partial charge is 0.318 e. The Kier molecular flexibility index (Phi) is 7.00. The minimum absolute atomic E-state index is 0.153. The van der Waals surface area contributed by atoms with Gasteiger partial charge in [-0.25, -0.2) is 0 Å². The molecule has 0 N–H and O–H groups in total. The zero-order valence-electron chi connectivity index (χ0n) is 17.5. The van der Waals surface area contributed by atoms with Crippen LogP contribution in [0, 0.1) is 11.8 Å². The van der Waals surface area contributed by atoms with Gasteiger partial charge in [0.2, 0.25) is 0 Å². The topological polar surface area (TPSA) is 72.9 Å². The van der Waals surface area contributed by atoms with E-state index in [0.717, 1.165) is 11.1 Å². The Balaban J connectivity index is 2.16. The Morgan fingerprint density at radius 2 is 1.13 bits per heavy atom. The van der Waals surface area contributed by atoms with Crippen LogP contribution in [0.1, 0.15) is 37.1 Å². The molecule has 1 aliphatic heterocycles. The van der Waals surface area contributed by atoms with E-state index in [0.29, 0.717) is 0 Å². The molecule has 30 heavy (non-hydrogen) atoms. The standard InChI is InChI=1S/C24H27NO5/c1-4-29-23(27)18-20(16-12-8-6-9-13-16)25(3)21(17-14-10-7-11-15-17)19(22(18)26)24(28)30-5-2/h6-15,18-21H,4-5H2,1-3H3/t18-,19+,20-,21-/m1/s1. The molecule has 1 aliphatic rings. The largest absolute Gasteiger partial charge is 0.465 e. The molecule has 0 aromatic heterocycles. The Labute approximate surface area is 176 Å². The number of ether oxygens (including phenoxy) is 2. The Hall–Kier alpha value is -2.99. The number of carbonyl (C=O) groups excluding carboxylic acids is 3. The number of likely N-dealkylation sites (tertiary alicyclic amines) is 1. The van der Waals surface area contributed by atoms with Crippen LogP contribution < -0.4 is 0 Å². The highest BCUT2D eigenvalue weighted by Crippen LogP contribution is 2.46. The molecule has 6 nitrogen and oxygen atoms in total. The van der Waals surface area contributed by atoms with Crippen LogP contribution in [0.25, 0.3) is 0 Å². The lowest BCUT2D eigenvalue weighted by Crippen LogP contribution is -2.54. The second-order valence-electron chi connectivity index (χ2n) is 7.24. The van der Waals surface area contributed by atoms with Gasteiger partial charge in [-0.05, 0) is 32.0 Å². The molecule has 1 heterocycles. The minimum atomic E-state index is -1.12. The van der Waals surface area contributed by atoms with E-state index in [1.54, 1.807) is 13.8 Å². The number of esters is 2. The van der Waals surface area contributed by atoms with Gasteiger partial charge in [-0.15, -0.1) is 0 Å². The van der Waals surface area contributed by atoms with Crippen molar-refractivity contribution in [3.8, 4) is 0 Å². The van der Waals surface area contributed by atoms with Crippen LogP contribution in [-0.2, 0) is 23.9 Å². The number of Topliss-reactive ketones (excluding diaryl/α,β-unsaturated/α-hetero) is 1. The van der Waals surface area contributed by atoms with Crippen molar-refractivity contribution >= 4 is 17.7 Å². The first-order chi connectivity index (χ1) is 14.5. The van der Waals surface area contributed by atoms with Crippen molar-refractivity contribution in [2.24, 2.45) is 11.8 Å². The summed E-state index contributed by atoms with van der Waals surface area (Å²) in [5.74, 6) is -3.95. The van der Waals surface area contributed by atoms with E-state index in [1.165, 1.54) is 0 Å². The predicted octanol–water partition coefficient (Wildman–Crippen LogP) is 3.34. The predicted molar refractivity (Wildman–Crippen MR) is 111 cm³/mol. The second-order valence-corrected chi connectivity index (χ2v) is 7.24. The molecule has 0 unspecified atom stereocenters. The molecular formula is C24H27NO5. The fourth-order valence-electron chi connectivity index (χ4n) is 4.26. The normalized spacial score (nSPS) is 24.3. The second kappa shape index (κ2) is 9.67. The van der Waals surface area contributed by atoms with Crippen LogP contribution in [0.5, 0.6) is 0 Å². The number of ketones is 1. The minimum Gasteiger partial charge on any atom is -0.465 e. The van der Waals surface area contributed by atoms with Crippen molar-refractivity contribution in [2.75, 3.05) is 20.3 Å². The van der Waals surface area contributed by atoms with Gasteiger partial charge in [0, 0.05) is 0 Å². The number of piperidine rings is 1. The van der Waals surface area contributed by atoms with Crippen molar-refractivity contribution in [3.63, 3.8) is 0 Å². The van der Waals surface area contributed by atoms with E-state index in [2.05, 4.69) is 0 Å². The van der Waals surface area contributed by atoms with Crippen LogP contribution in [0.3, 0.4) is 0 Å². The van der Waals surface area contributed by atoms with Crippen LogP contribution in [0.15, 0.2) is 60.7 Å². The van der Waals surface area contributed by atoms with E-state index in [1.807, 2.05) is 72.6 Å². The van der Waals surface area contributed by atoms with Gasteiger partial charge in [0.1, 0.15) is 11.8 Å². The van der Waals surface area contributed by atoms with Gasteiger partial charge in [0.15, 0.2) is 5.78 Å². The molecule has 0 saturated carbocycles. The average Bonchev–Trinajstić information content (AvgIpc) is 2.76. The summed E-state index contributed by atoms with van der Waals surface area (Å²) in [4.78, 5) is 41.3. The molecule has 1 fully saturated rings. The molecule has 2 aromatic carbocycles. The van der Waals surface area contributed by atoms with Crippen molar-refractivity contribution in [2.45, 2.75) is 25.9 Å². The molecule has 0 amide bonds. The summed E-state index contributed by atoms with van der Waals surface area (Å²) in [6.07, 6.45) is 0. The summed E-state index contributed by atoms with van der Waals surface area (Å²) in [6, 6.07) is 17.6. The third kappa shape index (κ3) is 4.14. The first-order valence-corrected chi connectivity index (χ1v) is 10.2. The van der Waals surface area contributed by atoms with Crippen LogP contribution >= 0.6 is 0 Å². The number of hydrogen-bond acceptors (Lipinski definition) is 6. The summed E-state index contributed by atoms with van der Waals surface area (Å²) in [5, 5.41) is 0. The maximum Gasteiger partial charge on any atom is 0.318 e. The molecule has 0 radical (unpaired) electrons. The van der Waals surface area contributed by atoms with Crippen molar-refractivity contribution in [3.05, 3.63) is 71.8 Å². The van der Waals surface area contributed by atoms with Gasteiger partial charge in [-0.1, -0.05) is 60.7 Å². The van der Waals surface area contributed by atoms with Gasteiger partial charge >= 0.3 is 11.9 Å². The van der Waals surface area contributed by atoms with E-state index in [-0.39, 0.29) is 13.2 Å². The fraction of sp³-hybridized carbons (Fsp3) is 0.375. The molecule has 4 atom stereocenters. The van der Waals surface area contributed by atoms with Gasteiger partial charge in [0.05, 0.1) is 25.3 Å². The Morgan fingerprint density at radius 1 is 0.767 bits per heavy atom. The number of carbonyl (C=O) groups is 3. The molecule has 1 saturated heterocycles. The van der Waals surface area contributed by atoms with Crippen LogP contribution in [0.2, 0.25) is 0 Å². The van der Waals surface area contributed by atoms with Gasteiger partial charge < -0.3 is 9.47 Å². The first-order valence-electron chi connectivity index (χ1n) is 10.2. The third-order valence-electron chi connectivity index (χ3n) is 5.49. The third-order valence-corrected chi connectivity index (χ3v) is 5.49. The Bertz CT molecular complexity index is 811. The monoisotopic (exact) mass is 409 g/mol. The maximum atomic E-state index is 13.6. The molecule has 0 bridgehead atoms. The Morgan fingerprint density at radius 3 is 1.47 bits per heavy atom. The molecular weight excluding hydrogens is 382 g/mol.